The number of nitrogens with one attached hydrogen (secondary N) is 1. The van der Waals surface area contributed by atoms with Gasteiger partial charge in [0.05, 0.1) is 18.5 Å². The second-order valence-electron chi connectivity index (χ2n) is 6.34. The second-order valence-corrected chi connectivity index (χ2v) is 6.34. The van der Waals surface area contributed by atoms with Crippen LogP contribution in [0, 0.1) is 20.8 Å². The number of rotatable bonds is 5. The van der Waals surface area contributed by atoms with Gasteiger partial charge in [0.15, 0.2) is 0 Å². The van der Waals surface area contributed by atoms with Gasteiger partial charge in [0.25, 0.3) is 5.91 Å². The van der Waals surface area contributed by atoms with E-state index in [1.807, 2.05) is 67.9 Å². The summed E-state index contributed by atoms with van der Waals surface area (Å²) in [4.78, 5) is 12.2. The molecular formula is C21H22N4O. The van der Waals surface area contributed by atoms with E-state index in [9.17, 15) is 4.79 Å². The lowest BCUT2D eigenvalue weighted by molar-refractivity contribution is 0.0955. The first kappa shape index (κ1) is 17.6. The smallest absolute Gasteiger partial charge is 0.267 e. The van der Waals surface area contributed by atoms with E-state index < -0.39 is 0 Å². The van der Waals surface area contributed by atoms with E-state index in [-0.39, 0.29) is 5.91 Å². The standard InChI is InChI=1S/C21H22N4O/c1-15-6-4-5-7-20(15)13-22-23-21(26)19-10-8-18(9-11-19)14-25-17(3)12-16(2)24-25/h4-13H,14H2,1-3H3,(H,23,26)/b22-13+. The molecule has 1 amide bonds. The molecule has 0 bridgehead atoms. The lowest BCUT2D eigenvalue weighted by Crippen LogP contribution is -2.17. The van der Waals surface area contributed by atoms with Crippen molar-refractivity contribution < 1.29 is 4.79 Å². The van der Waals surface area contributed by atoms with Gasteiger partial charge in [-0.25, -0.2) is 5.43 Å². The molecule has 26 heavy (non-hydrogen) atoms. The monoisotopic (exact) mass is 346 g/mol. The Morgan fingerprint density at radius 2 is 1.85 bits per heavy atom. The quantitative estimate of drug-likeness (QED) is 0.566. The molecule has 0 fully saturated rings. The summed E-state index contributed by atoms with van der Waals surface area (Å²) in [6, 6.07) is 17.4. The van der Waals surface area contributed by atoms with Crippen LogP contribution < -0.4 is 5.43 Å². The van der Waals surface area contributed by atoms with Crippen molar-refractivity contribution in [2.75, 3.05) is 0 Å². The van der Waals surface area contributed by atoms with Crippen LogP contribution >= 0.6 is 0 Å². The molecular weight excluding hydrogens is 324 g/mol. The highest BCUT2D eigenvalue weighted by Crippen LogP contribution is 2.09. The lowest BCUT2D eigenvalue weighted by atomic mass is 10.1. The fourth-order valence-electron chi connectivity index (χ4n) is 2.73. The molecule has 2 aromatic carbocycles. The van der Waals surface area contributed by atoms with Gasteiger partial charge in [-0.2, -0.15) is 10.2 Å². The molecule has 5 nitrogen and oxygen atoms in total. The molecule has 1 aromatic heterocycles. The molecule has 0 aliphatic heterocycles. The highest BCUT2D eigenvalue weighted by atomic mass is 16.2. The molecule has 0 atom stereocenters. The molecule has 0 aliphatic carbocycles. The van der Waals surface area contributed by atoms with Crippen LogP contribution in [0.1, 0.15) is 38.4 Å². The highest BCUT2D eigenvalue weighted by Gasteiger charge is 2.06. The number of hydrogen-bond donors (Lipinski definition) is 1. The molecule has 0 saturated carbocycles. The maximum absolute atomic E-state index is 12.2. The number of carbonyl (C=O) groups is 1. The zero-order valence-electron chi connectivity index (χ0n) is 15.2. The Morgan fingerprint density at radius 3 is 2.50 bits per heavy atom. The zero-order chi connectivity index (χ0) is 18.5. The number of nitrogens with zero attached hydrogens (tertiary/aromatic N) is 3. The topological polar surface area (TPSA) is 59.3 Å². The third kappa shape index (κ3) is 4.25. The van der Waals surface area contributed by atoms with E-state index in [2.05, 4.69) is 15.6 Å². The number of hydrogen-bond acceptors (Lipinski definition) is 3. The minimum absolute atomic E-state index is 0.229. The van der Waals surface area contributed by atoms with E-state index in [1.165, 1.54) is 0 Å². The molecule has 132 valence electrons. The van der Waals surface area contributed by atoms with E-state index >= 15 is 0 Å². The SMILES string of the molecule is Cc1cc(C)n(Cc2ccc(C(=O)N/N=C/c3ccccc3C)cc2)n1. The second kappa shape index (κ2) is 7.78. The van der Waals surface area contributed by atoms with Gasteiger partial charge in [0, 0.05) is 11.3 Å². The molecule has 1 heterocycles. The van der Waals surface area contributed by atoms with Crippen molar-refractivity contribution in [1.29, 1.82) is 0 Å². The van der Waals surface area contributed by atoms with Gasteiger partial charge < -0.3 is 0 Å². The highest BCUT2D eigenvalue weighted by molar-refractivity contribution is 5.95. The van der Waals surface area contributed by atoms with Crippen LogP contribution in [-0.2, 0) is 6.54 Å². The third-order valence-corrected chi connectivity index (χ3v) is 4.21. The van der Waals surface area contributed by atoms with Crippen LogP contribution in [0.3, 0.4) is 0 Å². The van der Waals surface area contributed by atoms with Crippen molar-refractivity contribution in [2.24, 2.45) is 5.10 Å². The van der Waals surface area contributed by atoms with Gasteiger partial charge in [-0.1, -0.05) is 36.4 Å². The van der Waals surface area contributed by atoms with Gasteiger partial charge >= 0.3 is 0 Å². The van der Waals surface area contributed by atoms with Gasteiger partial charge in [-0.05, 0) is 55.7 Å². The van der Waals surface area contributed by atoms with Gasteiger partial charge in [-0.3, -0.25) is 9.48 Å². The fourth-order valence-corrected chi connectivity index (χ4v) is 2.73. The zero-order valence-corrected chi connectivity index (χ0v) is 15.2. The number of aryl methyl sites for hydroxylation is 3. The first-order chi connectivity index (χ1) is 12.5. The van der Waals surface area contributed by atoms with E-state index in [0.29, 0.717) is 12.1 Å². The number of benzene rings is 2. The van der Waals surface area contributed by atoms with Gasteiger partial charge in [0.1, 0.15) is 0 Å². The molecule has 0 spiro atoms. The average Bonchev–Trinajstić information content (AvgIpc) is 2.94. The lowest BCUT2D eigenvalue weighted by Gasteiger charge is -2.06. The predicted molar refractivity (Wildman–Crippen MR) is 103 cm³/mol. The van der Waals surface area contributed by atoms with Crippen LogP contribution in [0.5, 0.6) is 0 Å². The average molecular weight is 346 g/mol. The molecule has 0 radical (unpaired) electrons. The summed E-state index contributed by atoms with van der Waals surface area (Å²) in [5.74, 6) is -0.229. The molecule has 3 rings (SSSR count). The molecule has 0 aliphatic rings. The van der Waals surface area contributed by atoms with E-state index in [4.69, 9.17) is 0 Å². The fraction of sp³-hybridized carbons (Fsp3) is 0.190. The largest absolute Gasteiger partial charge is 0.271 e. The summed E-state index contributed by atoms with van der Waals surface area (Å²) in [7, 11) is 0. The third-order valence-electron chi connectivity index (χ3n) is 4.21. The molecule has 0 saturated heterocycles. The van der Waals surface area contributed by atoms with E-state index in [0.717, 1.165) is 28.1 Å². The van der Waals surface area contributed by atoms with Gasteiger partial charge in [0.2, 0.25) is 0 Å². The summed E-state index contributed by atoms with van der Waals surface area (Å²) in [6.07, 6.45) is 1.66. The Balaban J connectivity index is 1.62. The molecule has 5 heteroatoms. The summed E-state index contributed by atoms with van der Waals surface area (Å²) < 4.78 is 1.96. The van der Waals surface area contributed by atoms with Crippen molar-refractivity contribution in [3.05, 3.63) is 88.2 Å². The number of hydrazone groups is 1. The van der Waals surface area contributed by atoms with E-state index in [1.54, 1.807) is 18.3 Å². The van der Waals surface area contributed by atoms with Crippen molar-refractivity contribution in [3.8, 4) is 0 Å². The van der Waals surface area contributed by atoms with Crippen LogP contribution in [0.4, 0.5) is 0 Å². The summed E-state index contributed by atoms with van der Waals surface area (Å²) in [5, 5.41) is 8.50. The number of aromatic nitrogens is 2. The summed E-state index contributed by atoms with van der Waals surface area (Å²) in [6.45, 7) is 6.71. The Kier molecular flexibility index (Phi) is 5.27. The van der Waals surface area contributed by atoms with Crippen molar-refractivity contribution in [1.82, 2.24) is 15.2 Å². The summed E-state index contributed by atoms with van der Waals surface area (Å²) >= 11 is 0. The van der Waals surface area contributed by atoms with Crippen molar-refractivity contribution in [3.63, 3.8) is 0 Å². The normalized spacial score (nSPS) is 11.0. The van der Waals surface area contributed by atoms with Crippen LogP contribution in [-0.4, -0.2) is 21.9 Å². The Hall–Kier alpha value is -3.21. The number of amides is 1. The first-order valence-electron chi connectivity index (χ1n) is 8.52. The molecule has 1 N–H and O–H groups in total. The molecule has 0 unspecified atom stereocenters. The van der Waals surface area contributed by atoms with Crippen molar-refractivity contribution in [2.45, 2.75) is 27.3 Å². The van der Waals surface area contributed by atoms with Crippen molar-refractivity contribution >= 4 is 12.1 Å². The Morgan fingerprint density at radius 1 is 1.12 bits per heavy atom. The maximum Gasteiger partial charge on any atom is 0.271 e. The number of carbonyl (C=O) groups excluding carboxylic acids is 1. The predicted octanol–water partition coefficient (Wildman–Crippen LogP) is 3.62. The van der Waals surface area contributed by atoms with Gasteiger partial charge in [-0.15, -0.1) is 0 Å². The first-order valence-corrected chi connectivity index (χ1v) is 8.52. The maximum atomic E-state index is 12.2. The van der Waals surface area contributed by atoms with Crippen LogP contribution in [0.25, 0.3) is 0 Å². The van der Waals surface area contributed by atoms with Crippen LogP contribution in [0.2, 0.25) is 0 Å². The minimum Gasteiger partial charge on any atom is -0.267 e. The van der Waals surface area contributed by atoms with Crippen LogP contribution in [0.15, 0.2) is 59.7 Å². The minimum atomic E-state index is -0.229. The Labute approximate surface area is 153 Å². The summed E-state index contributed by atoms with van der Waals surface area (Å²) in [5.41, 5.74) is 8.45. The molecule has 3 aromatic rings. The Bertz CT molecular complexity index is 939.